The van der Waals surface area contributed by atoms with Gasteiger partial charge in [0, 0.05) is 20.1 Å². The number of ether oxygens (including phenoxy) is 1. The summed E-state index contributed by atoms with van der Waals surface area (Å²) in [5.41, 5.74) is -0.0882. The Kier molecular flexibility index (Phi) is 6.65. The lowest BCUT2D eigenvalue weighted by Gasteiger charge is -2.34. The Morgan fingerprint density at radius 1 is 1.27 bits per heavy atom. The maximum Gasteiger partial charge on any atom is 0.340 e. The van der Waals surface area contributed by atoms with Crippen LogP contribution in [0.25, 0.3) is 0 Å². The number of rotatable bonds is 5. The van der Waals surface area contributed by atoms with Crippen molar-refractivity contribution in [1.29, 1.82) is 0 Å². The largest absolute Gasteiger partial charge is 0.452 e. The van der Waals surface area contributed by atoms with Crippen molar-refractivity contribution in [3.05, 3.63) is 28.8 Å². The molecule has 1 heterocycles. The molecule has 1 amide bonds. The Bertz CT molecular complexity index is 786. The van der Waals surface area contributed by atoms with Crippen molar-refractivity contribution >= 4 is 33.5 Å². The highest BCUT2D eigenvalue weighted by molar-refractivity contribution is 7.89. The molecule has 1 N–H and O–H groups in total. The molecule has 0 unspecified atom stereocenters. The molecule has 7 nitrogen and oxygen atoms in total. The van der Waals surface area contributed by atoms with Crippen molar-refractivity contribution in [3.63, 3.8) is 0 Å². The normalized spacial score (nSPS) is 21.2. The van der Waals surface area contributed by atoms with Gasteiger partial charge in [-0.3, -0.25) is 4.79 Å². The number of piperidine rings is 1. The molecule has 1 fully saturated rings. The number of hydrogen-bond acceptors (Lipinski definition) is 5. The standard InChI is InChI=1S/C17H23ClN2O5S/c1-11-6-12(2)9-20(8-11)26(23,24)13-4-5-15(18)14(7-13)17(22)25-10-16(21)19-3/h4-5,7,11-12H,6,8-10H2,1-3H3,(H,19,21)/t11-,12-/m0/s1. The molecule has 0 bridgehead atoms. The molecule has 0 spiro atoms. The number of benzene rings is 1. The second-order valence-electron chi connectivity index (χ2n) is 6.66. The van der Waals surface area contributed by atoms with E-state index in [1.165, 1.54) is 29.6 Å². The maximum absolute atomic E-state index is 12.9. The number of esters is 1. The van der Waals surface area contributed by atoms with Gasteiger partial charge in [-0.05, 0) is 36.5 Å². The van der Waals surface area contributed by atoms with Gasteiger partial charge in [-0.25, -0.2) is 13.2 Å². The molecule has 0 aliphatic carbocycles. The molecule has 1 aliphatic rings. The van der Waals surface area contributed by atoms with Crippen LogP contribution in [0.15, 0.2) is 23.1 Å². The van der Waals surface area contributed by atoms with Crippen LogP contribution in [-0.2, 0) is 19.6 Å². The quantitative estimate of drug-likeness (QED) is 0.759. The summed E-state index contributed by atoms with van der Waals surface area (Å²) < 4.78 is 32.2. The van der Waals surface area contributed by atoms with Crippen LogP contribution in [0.4, 0.5) is 0 Å². The van der Waals surface area contributed by atoms with Gasteiger partial charge in [0.25, 0.3) is 5.91 Å². The van der Waals surface area contributed by atoms with Gasteiger partial charge in [-0.2, -0.15) is 4.31 Å². The highest BCUT2D eigenvalue weighted by Crippen LogP contribution is 2.28. The Morgan fingerprint density at radius 2 is 1.88 bits per heavy atom. The van der Waals surface area contributed by atoms with Crippen molar-refractivity contribution in [2.75, 3.05) is 26.7 Å². The summed E-state index contributed by atoms with van der Waals surface area (Å²) in [6, 6.07) is 3.92. The summed E-state index contributed by atoms with van der Waals surface area (Å²) in [4.78, 5) is 23.3. The van der Waals surface area contributed by atoms with E-state index in [1.807, 2.05) is 13.8 Å². The van der Waals surface area contributed by atoms with Crippen LogP contribution in [0.1, 0.15) is 30.6 Å². The van der Waals surface area contributed by atoms with E-state index in [4.69, 9.17) is 16.3 Å². The summed E-state index contributed by atoms with van der Waals surface area (Å²) in [5, 5.41) is 2.38. The minimum absolute atomic E-state index is 0.0184. The van der Waals surface area contributed by atoms with Gasteiger partial charge in [0.15, 0.2) is 6.61 Å². The first kappa shape index (κ1) is 20.7. The molecule has 0 radical (unpaired) electrons. The Morgan fingerprint density at radius 3 is 2.46 bits per heavy atom. The van der Waals surface area contributed by atoms with Gasteiger partial charge in [0.1, 0.15) is 0 Å². The van der Waals surface area contributed by atoms with Gasteiger partial charge in [0.05, 0.1) is 15.5 Å². The summed E-state index contributed by atoms with van der Waals surface area (Å²) in [6.45, 7) is 4.44. The van der Waals surface area contributed by atoms with Crippen molar-refractivity contribution in [2.45, 2.75) is 25.2 Å². The third-order valence-electron chi connectivity index (χ3n) is 4.24. The molecular formula is C17H23ClN2O5S. The predicted octanol–water partition coefficient (Wildman–Crippen LogP) is 1.91. The van der Waals surface area contributed by atoms with Crippen molar-refractivity contribution in [3.8, 4) is 0 Å². The fourth-order valence-electron chi connectivity index (χ4n) is 3.05. The Labute approximate surface area is 158 Å². The first-order valence-electron chi connectivity index (χ1n) is 8.32. The molecular weight excluding hydrogens is 380 g/mol. The second-order valence-corrected chi connectivity index (χ2v) is 9.00. The third-order valence-corrected chi connectivity index (χ3v) is 6.40. The fourth-order valence-corrected chi connectivity index (χ4v) is 4.95. The SMILES string of the molecule is CNC(=O)COC(=O)c1cc(S(=O)(=O)N2C[C@@H](C)C[C@H](C)C2)ccc1Cl. The number of likely N-dealkylation sites (N-methyl/N-ethyl adjacent to an activating group) is 1. The summed E-state index contributed by atoms with van der Waals surface area (Å²) >= 11 is 6.01. The Balaban J connectivity index is 2.27. The van der Waals surface area contributed by atoms with Crippen LogP contribution in [0.3, 0.4) is 0 Å². The molecule has 1 aromatic carbocycles. The van der Waals surface area contributed by atoms with Gasteiger partial charge in [0.2, 0.25) is 10.0 Å². The topological polar surface area (TPSA) is 92.8 Å². The molecule has 0 aromatic heterocycles. The molecule has 2 atom stereocenters. The number of nitrogens with one attached hydrogen (secondary N) is 1. The van der Waals surface area contributed by atoms with E-state index in [1.54, 1.807) is 0 Å². The molecule has 1 aliphatic heterocycles. The van der Waals surface area contributed by atoms with Crippen LogP contribution in [0.5, 0.6) is 0 Å². The smallest absolute Gasteiger partial charge is 0.340 e. The van der Waals surface area contributed by atoms with Crippen LogP contribution in [-0.4, -0.2) is 51.3 Å². The lowest BCUT2D eigenvalue weighted by atomic mass is 9.94. The molecule has 0 saturated carbocycles. The van der Waals surface area contributed by atoms with Gasteiger partial charge in [-0.1, -0.05) is 25.4 Å². The summed E-state index contributed by atoms with van der Waals surface area (Å²) in [6.07, 6.45) is 0.976. The van der Waals surface area contributed by atoms with Gasteiger partial charge >= 0.3 is 5.97 Å². The van der Waals surface area contributed by atoms with Gasteiger partial charge in [-0.15, -0.1) is 0 Å². The van der Waals surface area contributed by atoms with E-state index >= 15 is 0 Å². The number of carbonyl (C=O) groups is 2. The van der Waals surface area contributed by atoms with Gasteiger partial charge < -0.3 is 10.1 Å². The minimum atomic E-state index is -3.75. The third kappa shape index (κ3) is 4.75. The molecule has 26 heavy (non-hydrogen) atoms. The zero-order chi connectivity index (χ0) is 19.5. The number of sulfonamides is 1. The maximum atomic E-state index is 12.9. The minimum Gasteiger partial charge on any atom is -0.452 e. The zero-order valence-corrected chi connectivity index (χ0v) is 16.6. The van der Waals surface area contributed by atoms with Crippen molar-refractivity contribution in [2.24, 2.45) is 11.8 Å². The average molecular weight is 403 g/mol. The van der Waals surface area contributed by atoms with Crippen LogP contribution in [0.2, 0.25) is 5.02 Å². The lowest BCUT2D eigenvalue weighted by Crippen LogP contribution is -2.42. The summed E-state index contributed by atoms with van der Waals surface area (Å²) in [7, 11) is -2.34. The monoisotopic (exact) mass is 402 g/mol. The van der Waals surface area contributed by atoms with E-state index in [9.17, 15) is 18.0 Å². The molecule has 144 valence electrons. The van der Waals surface area contributed by atoms with Crippen molar-refractivity contribution in [1.82, 2.24) is 9.62 Å². The first-order chi connectivity index (χ1) is 12.1. The molecule has 2 rings (SSSR count). The first-order valence-corrected chi connectivity index (χ1v) is 10.1. The number of nitrogens with zero attached hydrogens (tertiary/aromatic N) is 1. The highest BCUT2D eigenvalue weighted by Gasteiger charge is 2.32. The number of amides is 1. The highest BCUT2D eigenvalue weighted by atomic mass is 35.5. The average Bonchev–Trinajstić information content (AvgIpc) is 2.58. The number of carbonyl (C=O) groups excluding carboxylic acids is 2. The van der Waals surface area contributed by atoms with E-state index in [0.717, 1.165) is 6.42 Å². The van der Waals surface area contributed by atoms with E-state index < -0.39 is 28.5 Å². The number of halogens is 1. The van der Waals surface area contributed by atoms with E-state index in [2.05, 4.69) is 5.32 Å². The van der Waals surface area contributed by atoms with Crippen LogP contribution in [0, 0.1) is 11.8 Å². The molecule has 1 aromatic rings. The molecule has 1 saturated heterocycles. The zero-order valence-electron chi connectivity index (χ0n) is 15.0. The van der Waals surface area contributed by atoms with Crippen LogP contribution < -0.4 is 5.32 Å². The van der Waals surface area contributed by atoms with E-state index in [0.29, 0.717) is 13.1 Å². The predicted molar refractivity (Wildman–Crippen MR) is 97.5 cm³/mol. The van der Waals surface area contributed by atoms with Crippen molar-refractivity contribution < 1.29 is 22.7 Å². The summed E-state index contributed by atoms with van der Waals surface area (Å²) in [5.74, 6) is -0.804. The molecule has 9 heteroatoms. The fraction of sp³-hybridized carbons (Fsp3) is 0.529. The lowest BCUT2D eigenvalue weighted by molar-refractivity contribution is -0.123. The Hall–Kier alpha value is -1.64. The number of hydrogen-bond donors (Lipinski definition) is 1. The van der Waals surface area contributed by atoms with E-state index in [-0.39, 0.29) is 27.3 Å². The second kappa shape index (κ2) is 8.37. The van der Waals surface area contributed by atoms with Crippen LogP contribution >= 0.6 is 11.6 Å².